The molecule has 30 heavy (non-hydrogen) atoms. The van der Waals surface area contributed by atoms with Gasteiger partial charge in [-0.15, -0.1) is 11.8 Å². The largest absolute Gasteiger partial charge is 0.314 e. The molecule has 2 fully saturated rings. The van der Waals surface area contributed by atoms with Gasteiger partial charge in [-0.1, -0.05) is 61.4 Å². The molecule has 0 aromatic heterocycles. The van der Waals surface area contributed by atoms with Gasteiger partial charge >= 0.3 is 0 Å². The van der Waals surface area contributed by atoms with Crippen molar-refractivity contribution in [2.75, 3.05) is 11.4 Å². The number of anilines is 1. The summed E-state index contributed by atoms with van der Waals surface area (Å²) in [5.41, 5.74) is 2.99. The van der Waals surface area contributed by atoms with Gasteiger partial charge in [0.05, 0.1) is 12.2 Å². The maximum absolute atomic E-state index is 14.1. The lowest BCUT2D eigenvalue weighted by atomic mass is 10.00. The lowest BCUT2D eigenvalue weighted by Gasteiger charge is -2.34. The van der Waals surface area contributed by atoms with E-state index in [-0.39, 0.29) is 22.5 Å². The first-order valence-corrected chi connectivity index (χ1v) is 11.7. The Morgan fingerprint density at radius 3 is 2.43 bits per heavy atom. The van der Waals surface area contributed by atoms with E-state index >= 15 is 0 Å². The van der Waals surface area contributed by atoms with Gasteiger partial charge in [-0.2, -0.15) is 0 Å². The quantitative estimate of drug-likeness (QED) is 0.707. The van der Waals surface area contributed by atoms with Crippen LogP contribution < -0.4 is 4.90 Å². The number of thioether (sulfide) groups is 1. The molecular weight excluding hydrogens is 392 g/mol. The van der Waals surface area contributed by atoms with Gasteiger partial charge in [0.25, 0.3) is 5.91 Å². The van der Waals surface area contributed by atoms with Gasteiger partial charge in [-0.25, -0.2) is 0 Å². The molecule has 2 aromatic rings. The van der Waals surface area contributed by atoms with E-state index in [2.05, 4.69) is 13.8 Å². The molecule has 5 rings (SSSR count). The maximum Gasteiger partial charge on any atom is 0.268 e. The van der Waals surface area contributed by atoms with Crippen LogP contribution >= 0.6 is 11.8 Å². The first kappa shape index (κ1) is 19.7. The highest BCUT2D eigenvalue weighted by Gasteiger charge is 2.64. The normalized spacial score (nSPS) is 25.3. The molecule has 1 saturated carbocycles. The van der Waals surface area contributed by atoms with E-state index in [4.69, 9.17) is 0 Å². The second-order valence-electron chi connectivity index (χ2n) is 9.31. The van der Waals surface area contributed by atoms with E-state index in [1.807, 2.05) is 64.4 Å². The maximum atomic E-state index is 14.1. The van der Waals surface area contributed by atoms with Crippen molar-refractivity contribution in [3.8, 4) is 0 Å². The second kappa shape index (κ2) is 7.16. The van der Waals surface area contributed by atoms with Crippen LogP contribution in [0.3, 0.4) is 0 Å². The molecule has 4 nitrogen and oxygen atoms in total. The van der Waals surface area contributed by atoms with Crippen molar-refractivity contribution in [1.82, 2.24) is 4.90 Å². The molecule has 156 valence electrons. The Morgan fingerprint density at radius 2 is 1.70 bits per heavy atom. The highest BCUT2D eigenvalue weighted by atomic mass is 32.2. The van der Waals surface area contributed by atoms with Crippen LogP contribution in [0.15, 0.2) is 54.6 Å². The second-order valence-corrected chi connectivity index (χ2v) is 11.2. The molecule has 5 heteroatoms. The summed E-state index contributed by atoms with van der Waals surface area (Å²) in [6.45, 7) is 5.42. The highest BCUT2D eigenvalue weighted by Crippen LogP contribution is 2.60. The van der Waals surface area contributed by atoms with Crippen molar-refractivity contribution in [2.45, 2.75) is 55.7 Å². The summed E-state index contributed by atoms with van der Waals surface area (Å²) in [6.07, 6.45) is 4.11. The number of benzene rings is 2. The van der Waals surface area contributed by atoms with Crippen LogP contribution in [0.4, 0.5) is 5.69 Å². The van der Waals surface area contributed by atoms with Gasteiger partial charge < -0.3 is 9.80 Å². The zero-order valence-corrected chi connectivity index (χ0v) is 18.5. The molecule has 0 N–H and O–H groups in total. The summed E-state index contributed by atoms with van der Waals surface area (Å²) in [6, 6.07) is 18.1. The standard InChI is InChI=1S/C25H28N2O2S/c1-24(2)17-27(22(28)19-12-6-7-13-19)25(30-24)20-14-8-9-15-21(20)26(23(25)29)16-18-10-4-3-5-11-18/h3-5,8-11,14-15,19H,6-7,12-13,16-17H2,1-2H3/t25-/m1/s1. The molecule has 1 atom stereocenters. The minimum atomic E-state index is -0.950. The third kappa shape index (κ3) is 2.97. The summed E-state index contributed by atoms with van der Waals surface area (Å²) in [7, 11) is 0. The van der Waals surface area contributed by atoms with Crippen LogP contribution in [0.5, 0.6) is 0 Å². The van der Waals surface area contributed by atoms with Crippen LogP contribution in [-0.2, 0) is 21.0 Å². The Balaban J connectivity index is 1.60. The third-order valence-corrected chi connectivity index (χ3v) is 8.18. The van der Waals surface area contributed by atoms with E-state index in [1.165, 1.54) is 0 Å². The number of nitrogens with zero attached hydrogens (tertiary/aromatic N) is 2. The van der Waals surface area contributed by atoms with E-state index in [1.54, 1.807) is 11.8 Å². The van der Waals surface area contributed by atoms with Crippen molar-refractivity contribution in [2.24, 2.45) is 5.92 Å². The Hall–Kier alpha value is -2.27. The molecule has 3 aliphatic rings. The summed E-state index contributed by atoms with van der Waals surface area (Å²) < 4.78 is -0.181. The van der Waals surface area contributed by atoms with Crippen molar-refractivity contribution in [3.05, 3.63) is 65.7 Å². The molecule has 0 radical (unpaired) electrons. The van der Waals surface area contributed by atoms with Crippen LogP contribution in [0.25, 0.3) is 0 Å². The van der Waals surface area contributed by atoms with Crippen LogP contribution in [-0.4, -0.2) is 28.0 Å². The Kier molecular flexibility index (Phi) is 4.69. The first-order chi connectivity index (χ1) is 14.4. The molecule has 2 heterocycles. The molecule has 1 saturated heterocycles. The van der Waals surface area contributed by atoms with Crippen LogP contribution in [0, 0.1) is 5.92 Å². The average Bonchev–Trinajstić information content (AvgIpc) is 3.43. The fourth-order valence-corrected chi connectivity index (χ4v) is 7.03. The Morgan fingerprint density at radius 1 is 1.03 bits per heavy atom. The predicted octanol–water partition coefficient (Wildman–Crippen LogP) is 4.93. The van der Waals surface area contributed by atoms with Crippen molar-refractivity contribution >= 4 is 29.3 Å². The molecule has 1 aliphatic carbocycles. The average molecular weight is 421 g/mol. The fourth-order valence-electron chi connectivity index (χ4n) is 5.29. The Labute approximate surface area is 182 Å². The van der Waals surface area contributed by atoms with Crippen molar-refractivity contribution < 1.29 is 9.59 Å². The summed E-state index contributed by atoms with van der Waals surface area (Å²) in [5.74, 6) is 0.240. The first-order valence-electron chi connectivity index (χ1n) is 10.9. The molecular formula is C25H28N2O2S. The number of hydrogen-bond acceptors (Lipinski definition) is 3. The SMILES string of the molecule is CC1(C)CN(C(=O)C2CCCC2)[C@]2(S1)C(=O)N(Cc1ccccc1)c1ccccc12. The molecule has 0 unspecified atom stereocenters. The van der Waals surface area contributed by atoms with Crippen molar-refractivity contribution in [1.29, 1.82) is 0 Å². The minimum absolute atomic E-state index is 0.0227. The smallest absolute Gasteiger partial charge is 0.268 e. The predicted molar refractivity (Wildman–Crippen MR) is 121 cm³/mol. The number of carbonyl (C=O) groups is 2. The summed E-state index contributed by atoms with van der Waals surface area (Å²) in [5, 5.41) is 0. The monoisotopic (exact) mass is 420 g/mol. The summed E-state index contributed by atoms with van der Waals surface area (Å²) >= 11 is 1.65. The molecule has 0 bridgehead atoms. The van der Waals surface area contributed by atoms with E-state index in [0.717, 1.165) is 42.5 Å². The molecule has 1 spiro atoms. The van der Waals surface area contributed by atoms with Gasteiger partial charge in [0, 0.05) is 22.8 Å². The number of hydrogen-bond donors (Lipinski definition) is 0. The van der Waals surface area contributed by atoms with E-state index < -0.39 is 4.87 Å². The molecule has 2 amide bonds. The minimum Gasteiger partial charge on any atom is -0.314 e. The summed E-state index contributed by atoms with van der Waals surface area (Å²) in [4.78, 5) is 30.6. The fraction of sp³-hybridized carbons (Fsp3) is 0.440. The van der Waals surface area contributed by atoms with E-state index in [0.29, 0.717) is 13.1 Å². The van der Waals surface area contributed by atoms with Gasteiger partial charge in [-0.05, 0) is 38.3 Å². The van der Waals surface area contributed by atoms with Crippen molar-refractivity contribution in [3.63, 3.8) is 0 Å². The lowest BCUT2D eigenvalue weighted by Crippen LogP contribution is -2.51. The van der Waals surface area contributed by atoms with Crippen LogP contribution in [0.2, 0.25) is 0 Å². The number of fused-ring (bicyclic) bond motifs is 2. The Bertz CT molecular complexity index is 984. The molecule has 2 aliphatic heterocycles. The molecule has 2 aromatic carbocycles. The zero-order valence-electron chi connectivity index (χ0n) is 17.6. The van der Waals surface area contributed by atoms with Gasteiger partial charge in [0.1, 0.15) is 0 Å². The third-order valence-electron chi connectivity index (χ3n) is 6.59. The van der Waals surface area contributed by atoms with Gasteiger partial charge in [0.2, 0.25) is 5.91 Å². The lowest BCUT2D eigenvalue weighted by molar-refractivity contribution is -0.143. The van der Waals surface area contributed by atoms with E-state index in [9.17, 15) is 9.59 Å². The zero-order chi connectivity index (χ0) is 20.9. The van der Waals surface area contributed by atoms with Gasteiger partial charge in [0.15, 0.2) is 4.87 Å². The van der Waals surface area contributed by atoms with Crippen LogP contribution in [0.1, 0.15) is 50.7 Å². The number of carbonyl (C=O) groups excluding carboxylic acids is 2. The number of amides is 2. The topological polar surface area (TPSA) is 40.6 Å². The highest BCUT2D eigenvalue weighted by molar-refractivity contribution is 8.02. The number of rotatable bonds is 3. The van der Waals surface area contributed by atoms with Gasteiger partial charge in [-0.3, -0.25) is 9.59 Å². The number of para-hydroxylation sites is 1.